The summed E-state index contributed by atoms with van der Waals surface area (Å²) < 4.78 is 0. The number of anilines is 1. The first-order valence-electron chi connectivity index (χ1n) is 9.48. The number of nitrogen functional groups attached to an aromatic ring is 1. The van der Waals surface area contributed by atoms with E-state index in [0.717, 1.165) is 33.3 Å². The van der Waals surface area contributed by atoms with Crippen LogP contribution < -0.4 is 5.73 Å². The van der Waals surface area contributed by atoms with E-state index in [0.29, 0.717) is 23.4 Å². The monoisotopic (exact) mass is 385 g/mol. The molecule has 6 nitrogen and oxygen atoms in total. The average molecular weight is 385 g/mol. The Balaban J connectivity index is 1.84. The Morgan fingerprint density at radius 2 is 2.10 bits per heavy atom. The van der Waals surface area contributed by atoms with Gasteiger partial charge in [0, 0.05) is 28.6 Å². The van der Waals surface area contributed by atoms with E-state index in [1.54, 1.807) is 11.0 Å². The van der Waals surface area contributed by atoms with Crippen LogP contribution in [0.4, 0.5) is 5.69 Å². The summed E-state index contributed by atoms with van der Waals surface area (Å²) in [7, 11) is 0. The Hall–Kier alpha value is -3.59. The lowest BCUT2D eigenvalue weighted by Crippen LogP contribution is -2.26. The summed E-state index contributed by atoms with van der Waals surface area (Å²) in [5, 5.41) is 17.7. The molecule has 3 aromatic rings. The summed E-state index contributed by atoms with van der Waals surface area (Å²) in [6, 6.07) is 11.9. The molecule has 4 rings (SSSR count). The highest BCUT2D eigenvalue weighted by Crippen LogP contribution is 2.38. The molecule has 6 heteroatoms. The summed E-state index contributed by atoms with van der Waals surface area (Å²) in [5.74, 6) is -0.157. The third kappa shape index (κ3) is 3.05. The van der Waals surface area contributed by atoms with Gasteiger partial charge in [0.25, 0.3) is 5.91 Å². The predicted octanol–water partition coefficient (Wildman–Crippen LogP) is 4.15. The van der Waals surface area contributed by atoms with Crippen LogP contribution in [0, 0.1) is 11.3 Å². The van der Waals surface area contributed by atoms with E-state index in [2.05, 4.69) is 43.6 Å². The smallest absolute Gasteiger partial charge is 0.256 e. The van der Waals surface area contributed by atoms with E-state index in [-0.39, 0.29) is 17.9 Å². The van der Waals surface area contributed by atoms with Crippen molar-refractivity contribution in [3.05, 3.63) is 59.3 Å². The Labute approximate surface area is 169 Å². The van der Waals surface area contributed by atoms with Crippen molar-refractivity contribution >= 4 is 22.5 Å². The molecular formula is C23H23N5O. The maximum Gasteiger partial charge on any atom is 0.256 e. The van der Waals surface area contributed by atoms with E-state index in [1.807, 2.05) is 24.3 Å². The van der Waals surface area contributed by atoms with Crippen molar-refractivity contribution in [3.63, 3.8) is 0 Å². The van der Waals surface area contributed by atoms with Crippen molar-refractivity contribution in [1.29, 1.82) is 5.26 Å². The van der Waals surface area contributed by atoms with Gasteiger partial charge in [-0.1, -0.05) is 39.5 Å². The van der Waals surface area contributed by atoms with Gasteiger partial charge in [0.05, 0.1) is 29.4 Å². The number of carbonyl (C=O) groups excluding carboxylic acids is 1. The number of carbonyl (C=O) groups is 1. The maximum absolute atomic E-state index is 12.9. The minimum Gasteiger partial charge on any atom is -0.398 e. The van der Waals surface area contributed by atoms with Crippen molar-refractivity contribution in [2.24, 2.45) is 0 Å². The molecule has 1 aliphatic heterocycles. The lowest BCUT2D eigenvalue weighted by atomic mass is 9.88. The number of aromatic amines is 1. The van der Waals surface area contributed by atoms with Crippen molar-refractivity contribution in [2.75, 3.05) is 12.3 Å². The fraction of sp³-hybridized carbons (Fsp3) is 0.261. The zero-order valence-electron chi connectivity index (χ0n) is 16.8. The van der Waals surface area contributed by atoms with Gasteiger partial charge in [0.15, 0.2) is 0 Å². The normalized spacial score (nSPS) is 13.6. The number of nitrogens with one attached hydrogen (secondary N) is 1. The second-order valence-electron chi connectivity index (χ2n) is 8.52. The molecule has 29 heavy (non-hydrogen) atoms. The van der Waals surface area contributed by atoms with E-state index in [1.165, 1.54) is 0 Å². The first-order chi connectivity index (χ1) is 13.7. The van der Waals surface area contributed by atoms with Crippen LogP contribution in [0.15, 0.2) is 42.5 Å². The molecule has 1 aromatic heterocycles. The Bertz CT molecular complexity index is 1210. The van der Waals surface area contributed by atoms with Crippen LogP contribution in [0.25, 0.3) is 22.0 Å². The predicted molar refractivity (Wildman–Crippen MR) is 114 cm³/mol. The minimum absolute atomic E-state index is 0.0929. The molecule has 0 fully saturated rings. The fourth-order valence-corrected chi connectivity index (χ4v) is 3.92. The highest BCUT2D eigenvalue weighted by molar-refractivity contribution is 6.05. The molecule has 0 aliphatic carbocycles. The number of hydrogen-bond acceptors (Lipinski definition) is 4. The molecule has 2 aromatic carbocycles. The van der Waals surface area contributed by atoms with Crippen molar-refractivity contribution in [1.82, 2.24) is 15.1 Å². The molecule has 1 aliphatic rings. The molecule has 0 spiro atoms. The van der Waals surface area contributed by atoms with Gasteiger partial charge in [-0.3, -0.25) is 9.89 Å². The number of benzene rings is 2. The number of H-pyrrole nitrogens is 1. The zero-order valence-corrected chi connectivity index (χ0v) is 16.8. The Kier molecular flexibility index (Phi) is 4.20. The third-order valence-corrected chi connectivity index (χ3v) is 5.32. The van der Waals surface area contributed by atoms with Gasteiger partial charge in [-0.05, 0) is 34.9 Å². The van der Waals surface area contributed by atoms with Crippen LogP contribution in [0.1, 0.15) is 42.4 Å². The quantitative estimate of drug-likeness (QED) is 0.523. The molecule has 0 unspecified atom stereocenters. The van der Waals surface area contributed by atoms with Gasteiger partial charge in [0.1, 0.15) is 0 Å². The Morgan fingerprint density at radius 1 is 1.34 bits per heavy atom. The second-order valence-corrected chi connectivity index (χ2v) is 8.52. The molecule has 3 N–H and O–H groups in total. The number of nitrogens with zero attached hydrogens (tertiary/aromatic N) is 3. The van der Waals surface area contributed by atoms with E-state index >= 15 is 0 Å². The fourth-order valence-electron chi connectivity index (χ4n) is 3.92. The standard InChI is InChI=1S/C23H23N5O/c1-13(10-24)11-28-12-17-15(6-7-18(25)20(17)22(28)29)14-5-8-19-16(9-14)21(27-26-19)23(2,3)4/h5-9H,1,11-12,25H2,2-4H3,(H,26,27). The van der Waals surface area contributed by atoms with E-state index in [9.17, 15) is 4.79 Å². The van der Waals surface area contributed by atoms with Crippen LogP contribution >= 0.6 is 0 Å². The van der Waals surface area contributed by atoms with E-state index < -0.39 is 0 Å². The second kappa shape index (κ2) is 6.49. The average Bonchev–Trinajstić information content (AvgIpc) is 3.23. The lowest BCUT2D eigenvalue weighted by molar-refractivity contribution is 0.0794. The molecule has 146 valence electrons. The molecule has 0 saturated carbocycles. The maximum atomic E-state index is 12.9. The first kappa shape index (κ1) is 18.8. The number of amides is 1. The number of fused-ring (bicyclic) bond motifs is 2. The minimum atomic E-state index is -0.157. The highest BCUT2D eigenvalue weighted by atomic mass is 16.2. The Morgan fingerprint density at radius 3 is 2.79 bits per heavy atom. The van der Waals surface area contributed by atoms with Crippen LogP contribution in [0.2, 0.25) is 0 Å². The summed E-state index contributed by atoms with van der Waals surface area (Å²) in [6.07, 6.45) is 0. The topological polar surface area (TPSA) is 98.8 Å². The third-order valence-electron chi connectivity index (χ3n) is 5.32. The molecule has 1 amide bonds. The lowest BCUT2D eigenvalue weighted by Gasteiger charge is -2.16. The van der Waals surface area contributed by atoms with Crippen LogP contribution in [0.3, 0.4) is 0 Å². The molecule has 0 atom stereocenters. The first-order valence-corrected chi connectivity index (χ1v) is 9.48. The molecule has 0 radical (unpaired) electrons. The van der Waals surface area contributed by atoms with E-state index in [4.69, 9.17) is 11.0 Å². The number of nitriles is 1. The van der Waals surface area contributed by atoms with Gasteiger partial charge in [0.2, 0.25) is 0 Å². The SMILES string of the molecule is C=C(C#N)CN1Cc2c(-c3ccc4[nH]nc(C(C)(C)C)c4c3)ccc(N)c2C1=O. The van der Waals surface area contributed by atoms with Gasteiger partial charge in [-0.15, -0.1) is 0 Å². The number of nitrogens with two attached hydrogens (primary N) is 1. The summed E-state index contributed by atoms with van der Waals surface area (Å²) >= 11 is 0. The summed E-state index contributed by atoms with van der Waals surface area (Å²) in [5.41, 5.74) is 12.2. The molecule has 2 heterocycles. The molecule has 0 bridgehead atoms. The van der Waals surface area contributed by atoms with Gasteiger partial charge >= 0.3 is 0 Å². The van der Waals surface area contributed by atoms with Gasteiger partial charge in [-0.25, -0.2) is 0 Å². The summed E-state index contributed by atoms with van der Waals surface area (Å²) in [6.45, 7) is 10.7. The number of hydrogen-bond donors (Lipinski definition) is 2. The molecule has 0 saturated heterocycles. The van der Waals surface area contributed by atoms with Crippen molar-refractivity contribution in [2.45, 2.75) is 32.7 Å². The highest BCUT2D eigenvalue weighted by Gasteiger charge is 2.32. The number of aromatic nitrogens is 2. The zero-order chi connectivity index (χ0) is 20.9. The van der Waals surface area contributed by atoms with Crippen LogP contribution in [-0.2, 0) is 12.0 Å². The molecular weight excluding hydrogens is 362 g/mol. The van der Waals surface area contributed by atoms with Crippen LogP contribution in [0.5, 0.6) is 0 Å². The largest absolute Gasteiger partial charge is 0.398 e. The van der Waals surface area contributed by atoms with Gasteiger partial charge < -0.3 is 10.6 Å². The van der Waals surface area contributed by atoms with Crippen molar-refractivity contribution in [3.8, 4) is 17.2 Å². The van der Waals surface area contributed by atoms with Crippen molar-refractivity contribution < 1.29 is 4.79 Å². The number of rotatable bonds is 3. The van der Waals surface area contributed by atoms with Crippen LogP contribution in [-0.4, -0.2) is 27.5 Å². The van der Waals surface area contributed by atoms with Gasteiger partial charge in [-0.2, -0.15) is 10.4 Å². The summed E-state index contributed by atoms with van der Waals surface area (Å²) in [4.78, 5) is 14.5.